The lowest BCUT2D eigenvalue weighted by molar-refractivity contribution is 0.737. The van der Waals surface area contributed by atoms with Crippen molar-refractivity contribution in [1.29, 1.82) is 0 Å². The molecule has 0 bridgehead atoms. The third-order valence-electron chi connectivity index (χ3n) is 2.33. The molecule has 2 heterocycles. The summed E-state index contributed by atoms with van der Waals surface area (Å²) in [5.74, 6) is 0. The van der Waals surface area contributed by atoms with Crippen molar-refractivity contribution in [2.75, 3.05) is 0 Å². The van der Waals surface area contributed by atoms with Gasteiger partial charge in [0.25, 0.3) is 0 Å². The molecule has 0 saturated heterocycles. The summed E-state index contributed by atoms with van der Waals surface area (Å²) in [5, 5.41) is 1.08. The molecule has 5 heteroatoms. The van der Waals surface area contributed by atoms with Gasteiger partial charge in [-0.15, -0.1) is 22.7 Å². The molecule has 1 unspecified atom stereocenters. The molecule has 0 aliphatic carbocycles. The fourth-order valence-corrected chi connectivity index (χ4v) is 3.74. The Labute approximate surface area is 108 Å². The summed E-state index contributed by atoms with van der Waals surface area (Å²) in [6.07, 6.45) is 0.833. The molecule has 16 heavy (non-hydrogen) atoms. The van der Waals surface area contributed by atoms with Crippen molar-refractivity contribution in [1.82, 2.24) is 4.98 Å². The second-order valence-corrected chi connectivity index (χ2v) is 6.73. The summed E-state index contributed by atoms with van der Waals surface area (Å²) in [5.41, 5.74) is 7.24. The molecular weight excluding hydrogens is 260 g/mol. The Morgan fingerprint density at radius 3 is 2.62 bits per heavy atom. The molecule has 0 radical (unpaired) electrons. The first-order valence-corrected chi connectivity index (χ1v) is 7.01. The van der Waals surface area contributed by atoms with Crippen LogP contribution in [0.15, 0.2) is 12.1 Å². The third kappa shape index (κ3) is 2.63. The minimum atomic E-state index is 0.0286. The van der Waals surface area contributed by atoms with Gasteiger partial charge in [-0.1, -0.05) is 11.6 Å². The van der Waals surface area contributed by atoms with E-state index in [2.05, 4.69) is 4.98 Å². The van der Waals surface area contributed by atoms with Gasteiger partial charge in [0.15, 0.2) is 0 Å². The highest BCUT2D eigenvalue weighted by Gasteiger charge is 2.14. The molecule has 0 aromatic carbocycles. The number of aromatic nitrogens is 1. The highest BCUT2D eigenvalue weighted by atomic mass is 35.5. The Morgan fingerprint density at radius 2 is 2.12 bits per heavy atom. The number of nitrogens with zero attached hydrogens (tertiary/aromatic N) is 1. The van der Waals surface area contributed by atoms with Crippen LogP contribution in [0.1, 0.15) is 26.5 Å². The maximum absolute atomic E-state index is 6.18. The first-order chi connectivity index (χ1) is 7.56. The van der Waals surface area contributed by atoms with Gasteiger partial charge >= 0.3 is 0 Å². The normalized spacial score (nSPS) is 13.0. The minimum Gasteiger partial charge on any atom is -0.323 e. The number of thiophene rings is 1. The zero-order valence-corrected chi connectivity index (χ0v) is 11.5. The number of halogens is 1. The molecule has 2 rings (SSSR count). The van der Waals surface area contributed by atoms with Crippen molar-refractivity contribution in [2.45, 2.75) is 26.3 Å². The van der Waals surface area contributed by atoms with Gasteiger partial charge in [-0.05, 0) is 26.0 Å². The Hall–Kier alpha value is -0.420. The number of nitrogens with two attached hydrogens (primary N) is 1. The summed E-state index contributed by atoms with van der Waals surface area (Å²) in [7, 11) is 0. The zero-order valence-electron chi connectivity index (χ0n) is 9.16. The summed E-state index contributed by atoms with van der Waals surface area (Å²) in [4.78, 5) is 6.80. The molecule has 0 fully saturated rings. The maximum Gasteiger partial charge on any atom is 0.0931 e. The van der Waals surface area contributed by atoms with Crippen LogP contribution in [0.4, 0.5) is 0 Å². The summed E-state index contributed by atoms with van der Waals surface area (Å²) >= 11 is 9.17. The van der Waals surface area contributed by atoms with E-state index >= 15 is 0 Å². The van der Waals surface area contributed by atoms with Crippen molar-refractivity contribution >= 4 is 34.3 Å². The topological polar surface area (TPSA) is 38.9 Å². The van der Waals surface area contributed by atoms with E-state index < -0.39 is 0 Å². The summed E-state index contributed by atoms with van der Waals surface area (Å²) < 4.78 is 0.819. The van der Waals surface area contributed by atoms with Crippen LogP contribution in [0.25, 0.3) is 0 Å². The second-order valence-electron chi connectivity index (χ2n) is 3.70. The van der Waals surface area contributed by atoms with Gasteiger partial charge in [-0.2, -0.15) is 0 Å². The van der Waals surface area contributed by atoms with E-state index in [9.17, 15) is 0 Å². The Morgan fingerprint density at radius 1 is 1.38 bits per heavy atom. The van der Waals surface area contributed by atoms with Gasteiger partial charge in [-0.25, -0.2) is 4.98 Å². The predicted octanol–water partition coefficient (Wildman–Crippen LogP) is 3.72. The Kier molecular flexibility index (Phi) is 3.64. The van der Waals surface area contributed by atoms with E-state index in [1.807, 2.05) is 26.0 Å². The quantitative estimate of drug-likeness (QED) is 0.925. The van der Waals surface area contributed by atoms with Gasteiger partial charge in [0.1, 0.15) is 0 Å². The van der Waals surface area contributed by atoms with Crippen LogP contribution in [-0.4, -0.2) is 4.98 Å². The van der Waals surface area contributed by atoms with E-state index in [0.29, 0.717) is 0 Å². The van der Waals surface area contributed by atoms with Crippen LogP contribution in [0.5, 0.6) is 0 Å². The molecule has 0 saturated carbocycles. The Balaban J connectivity index is 2.14. The molecule has 2 nitrogen and oxygen atoms in total. The van der Waals surface area contributed by atoms with E-state index in [1.54, 1.807) is 22.7 Å². The highest BCUT2D eigenvalue weighted by Crippen LogP contribution is 2.29. The monoisotopic (exact) mass is 272 g/mol. The molecule has 2 aromatic heterocycles. The molecule has 2 aromatic rings. The van der Waals surface area contributed by atoms with Crippen LogP contribution >= 0.6 is 34.3 Å². The van der Waals surface area contributed by atoms with Crippen molar-refractivity contribution in [3.05, 3.63) is 36.9 Å². The molecule has 0 amide bonds. The van der Waals surface area contributed by atoms with Gasteiger partial charge in [0.2, 0.25) is 0 Å². The van der Waals surface area contributed by atoms with E-state index in [0.717, 1.165) is 21.5 Å². The highest BCUT2D eigenvalue weighted by molar-refractivity contribution is 7.16. The number of rotatable bonds is 3. The molecule has 0 aliphatic heterocycles. The van der Waals surface area contributed by atoms with Crippen LogP contribution in [0.3, 0.4) is 0 Å². The number of aryl methyl sites for hydroxylation is 2. The second kappa shape index (κ2) is 4.84. The molecule has 1 atom stereocenters. The van der Waals surface area contributed by atoms with Gasteiger partial charge < -0.3 is 5.73 Å². The molecule has 2 N–H and O–H groups in total. The van der Waals surface area contributed by atoms with E-state index in [-0.39, 0.29) is 6.04 Å². The fraction of sp³-hybridized carbons (Fsp3) is 0.364. The number of thiazole rings is 1. The largest absolute Gasteiger partial charge is 0.323 e. The summed E-state index contributed by atoms with van der Waals surface area (Å²) in [6.45, 7) is 4.02. The Bertz CT molecular complexity index is 490. The van der Waals surface area contributed by atoms with Crippen LogP contribution in [0, 0.1) is 13.8 Å². The maximum atomic E-state index is 6.18. The van der Waals surface area contributed by atoms with Crippen LogP contribution < -0.4 is 5.73 Å². The first-order valence-electron chi connectivity index (χ1n) is 5.00. The minimum absolute atomic E-state index is 0.0286. The lowest BCUT2D eigenvalue weighted by Gasteiger charge is -2.08. The average Bonchev–Trinajstić information content (AvgIpc) is 2.73. The van der Waals surface area contributed by atoms with E-state index in [4.69, 9.17) is 17.3 Å². The standard InChI is InChI=1S/C11H13ClN2S2/c1-6-11(15-7(2)14-6)9(13)5-8-3-4-10(12)16-8/h3-4,9H,5,13H2,1-2H3. The molecular formula is C11H13ClN2S2. The lowest BCUT2D eigenvalue weighted by Crippen LogP contribution is -2.12. The SMILES string of the molecule is Cc1nc(C)c(C(N)Cc2ccc(Cl)s2)s1. The number of hydrogen-bond acceptors (Lipinski definition) is 4. The third-order valence-corrected chi connectivity index (χ3v) is 4.78. The predicted molar refractivity (Wildman–Crippen MR) is 71.5 cm³/mol. The average molecular weight is 273 g/mol. The van der Waals surface area contributed by atoms with E-state index in [1.165, 1.54) is 9.75 Å². The fourth-order valence-electron chi connectivity index (χ4n) is 1.66. The van der Waals surface area contributed by atoms with Gasteiger partial charge in [0.05, 0.1) is 15.0 Å². The van der Waals surface area contributed by atoms with Crippen molar-refractivity contribution in [2.24, 2.45) is 5.73 Å². The summed E-state index contributed by atoms with van der Waals surface area (Å²) in [6, 6.07) is 3.98. The van der Waals surface area contributed by atoms with Gasteiger partial charge in [-0.3, -0.25) is 0 Å². The smallest absolute Gasteiger partial charge is 0.0931 e. The number of hydrogen-bond donors (Lipinski definition) is 1. The first kappa shape index (κ1) is 12.0. The van der Waals surface area contributed by atoms with Crippen LogP contribution in [-0.2, 0) is 6.42 Å². The molecule has 0 aliphatic rings. The van der Waals surface area contributed by atoms with Gasteiger partial charge in [0, 0.05) is 22.2 Å². The molecule has 0 spiro atoms. The van der Waals surface area contributed by atoms with Crippen molar-refractivity contribution < 1.29 is 0 Å². The lowest BCUT2D eigenvalue weighted by atomic mass is 10.1. The van der Waals surface area contributed by atoms with Crippen molar-refractivity contribution in [3.63, 3.8) is 0 Å². The van der Waals surface area contributed by atoms with Crippen LogP contribution in [0.2, 0.25) is 4.34 Å². The molecule has 86 valence electrons. The zero-order chi connectivity index (χ0) is 11.7. The van der Waals surface area contributed by atoms with Crippen molar-refractivity contribution in [3.8, 4) is 0 Å².